The fourth-order valence-corrected chi connectivity index (χ4v) is 0. The van der Waals surface area contributed by atoms with Crippen LogP contribution in [0.3, 0.4) is 0 Å². The van der Waals surface area contributed by atoms with E-state index in [4.69, 9.17) is 9.59 Å². The Hall–Kier alpha value is 0.137. The summed E-state index contributed by atoms with van der Waals surface area (Å²) in [5, 5.41) is 0. The lowest BCUT2D eigenvalue weighted by Crippen LogP contribution is -2.00. The molecule has 26 valence electrons. The first-order valence-corrected chi connectivity index (χ1v) is 3.28. The lowest BCUT2D eigenvalue weighted by Gasteiger charge is -1.75. The molecule has 0 fully saturated rings. The van der Waals surface area contributed by atoms with Crippen LogP contribution in [0.15, 0.2) is 0 Å². The highest BCUT2D eigenvalue weighted by Gasteiger charge is 1.78. The van der Waals surface area contributed by atoms with Gasteiger partial charge in [-0.3, -0.25) is 0 Å². The minimum absolute atomic E-state index is 0. The average Bonchev–Trinajstić information content (AvgIpc) is 0.811. The molecule has 0 radical (unpaired) electrons. The van der Waals surface area contributed by atoms with Crippen LogP contribution < -0.4 is 0 Å². The highest BCUT2D eigenvalue weighted by molar-refractivity contribution is 6.38. The van der Waals surface area contributed by atoms with Crippen molar-refractivity contribution >= 4 is 9.28 Å². The third-order valence-corrected chi connectivity index (χ3v) is 0. The van der Waals surface area contributed by atoms with Crippen LogP contribution in [0.25, 0.3) is 0 Å². The van der Waals surface area contributed by atoms with E-state index in [9.17, 15) is 0 Å². The lowest BCUT2D eigenvalue weighted by atomic mass is 11.9. The Labute approximate surface area is 28.0 Å². The molecule has 0 saturated heterocycles. The third-order valence-electron chi connectivity index (χ3n) is 0. The molecule has 0 unspecified atom stereocenters. The van der Waals surface area contributed by atoms with Crippen molar-refractivity contribution in [1.82, 2.24) is 0 Å². The van der Waals surface area contributed by atoms with Gasteiger partial charge in [0, 0.05) is 0 Å². The summed E-state index contributed by atoms with van der Waals surface area (Å²) in [6.45, 7) is 1.42. The number of hydrogen-bond donors (Lipinski definition) is 2. The fraction of sp³-hybridized carbons (Fsp3) is 1.00. The molecule has 0 spiro atoms. The first kappa shape index (κ1) is 4.14. The van der Waals surface area contributed by atoms with Crippen molar-refractivity contribution in [3.63, 3.8) is 0 Å². The summed E-state index contributed by atoms with van der Waals surface area (Å²) in [6.07, 6.45) is 0. The Morgan fingerprint density at radius 2 is 1.75 bits per heavy atom. The van der Waals surface area contributed by atoms with Gasteiger partial charge in [0.15, 0.2) is 0 Å². The molecule has 0 aliphatic carbocycles. The van der Waals surface area contributed by atoms with Gasteiger partial charge in [-0.05, 0) is 6.55 Å². The van der Waals surface area contributed by atoms with E-state index in [1.807, 2.05) is 0 Å². The Morgan fingerprint density at radius 1 is 1.75 bits per heavy atom. The molecule has 0 heterocycles. The second-order valence-electron chi connectivity index (χ2n) is 0.632. The zero-order chi connectivity index (χ0) is 3.58. The van der Waals surface area contributed by atoms with Gasteiger partial charge in [0.2, 0.25) is 0 Å². The van der Waals surface area contributed by atoms with E-state index in [1.165, 1.54) is 6.55 Å². The predicted octanol–water partition coefficient (Wildman–Crippen LogP) is -1.07. The van der Waals surface area contributed by atoms with E-state index in [0.29, 0.717) is 0 Å². The summed E-state index contributed by atoms with van der Waals surface area (Å²) < 4.78 is 0. The van der Waals surface area contributed by atoms with Crippen LogP contribution in [0.5, 0.6) is 0 Å². The van der Waals surface area contributed by atoms with Crippen molar-refractivity contribution in [2.45, 2.75) is 6.55 Å². The zero-order valence-corrected chi connectivity index (χ0v) is 3.63. The maximum absolute atomic E-state index is 7.75. The largest absolute Gasteiger partial charge is 1.00 e. The fourth-order valence-electron chi connectivity index (χ4n) is 0. The van der Waals surface area contributed by atoms with Gasteiger partial charge in [0.25, 0.3) is 0 Å². The van der Waals surface area contributed by atoms with Crippen LogP contribution in [0.4, 0.5) is 0 Å². The van der Waals surface area contributed by atoms with Crippen LogP contribution in [-0.4, -0.2) is 18.9 Å². The van der Waals surface area contributed by atoms with Crippen LogP contribution in [0, 0.1) is 0 Å². The molecule has 0 aromatic carbocycles. The van der Waals surface area contributed by atoms with E-state index < -0.39 is 9.28 Å². The van der Waals surface area contributed by atoms with Gasteiger partial charge in [-0.25, -0.2) is 0 Å². The summed E-state index contributed by atoms with van der Waals surface area (Å²) in [5.74, 6) is 0. The van der Waals surface area contributed by atoms with Crippen molar-refractivity contribution in [3.05, 3.63) is 0 Å². The van der Waals surface area contributed by atoms with Crippen molar-refractivity contribution in [2.24, 2.45) is 0 Å². The number of rotatable bonds is 0. The summed E-state index contributed by atoms with van der Waals surface area (Å²) in [5.41, 5.74) is 0. The van der Waals surface area contributed by atoms with Gasteiger partial charge in [0.05, 0.1) is 0 Å². The monoisotopic (exact) mass is 79.0 g/mol. The van der Waals surface area contributed by atoms with Gasteiger partial charge in [-0.15, -0.1) is 0 Å². The summed E-state index contributed by atoms with van der Waals surface area (Å²) >= 11 is 0. The first-order valence-electron chi connectivity index (χ1n) is 1.09. The molecule has 2 N–H and O–H groups in total. The third kappa shape index (κ3) is 147. The van der Waals surface area contributed by atoms with E-state index >= 15 is 0 Å². The molecule has 0 aliphatic rings. The maximum atomic E-state index is 7.75. The lowest BCUT2D eigenvalue weighted by molar-refractivity contribution is 0.417. The van der Waals surface area contributed by atoms with E-state index in [2.05, 4.69) is 0 Å². The van der Waals surface area contributed by atoms with Crippen molar-refractivity contribution < 1.29 is 11.0 Å². The SMILES string of the molecule is C[SiH](O)O.[H+]. The second kappa shape index (κ2) is 1.46. The van der Waals surface area contributed by atoms with Crippen LogP contribution in [-0.2, 0) is 0 Å². The van der Waals surface area contributed by atoms with Crippen LogP contribution in [0.2, 0.25) is 6.55 Å². The van der Waals surface area contributed by atoms with Crippen molar-refractivity contribution in [3.8, 4) is 0 Å². The summed E-state index contributed by atoms with van der Waals surface area (Å²) in [4.78, 5) is 15.5. The smallest absolute Gasteiger partial charge is 0.413 e. The highest BCUT2D eigenvalue weighted by atomic mass is 28.3. The van der Waals surface area contributed by atoms with Gasteiger partial charge in [-0.1, -0.05) is 0 Å². The molecular formula is CH7O2Si+. The Balaban J connectivity index is 0. The van der Waals surface area contributed by atoms with Crippen molar-refractivity contribution in [1.29, 1.82) is 0 Å². The topological polar surface area (TPSA) is 40.5 Å². The molecule has 4 heavy (non-hydrogen) atoms. The molecule has 0 saturated carbocycles. The van der Waals surface area contributed by atoms with Crippen LogP contribution in [0.1, 0.15) is 1.43 Å². The van der Waals surface area contributed by atoms with Gasteiger partial charge in [0.1, 0.15) is 0 Å². The predicted molar refractivity (Wildman–Crippen MR) is 18.6 cm³/mol. The second-order valence-corrected chi connectivity index (χ2v) is 1.90. The van der Waals surface area contributed by atoms with Crippen molar-refractivity contribution in [2.75, 3.05) is 0 Å². The van der Waals surface area contributed by atoms with E-state index in [1.54, 1.807) is 0 Å². The standard InChI is InChI=1S/CH6O2Si/c1-4(2)3/h2-4H,1H3/p+1. The molecule has 0 aliphatic heterocycles. The Bertz CT molecular complexity index is 14.4. The Kier molecular flexibility index (Phi) is 1.51. The quantitative estimate of drug-likeness (QED) is 0.363. The summed E-state index contributed by atoms with van der Waals surface area (Å²) in [6, 6.07) is 0. The first-order chi connectivity index (χ1) is 1.73. The van der Waals surface area contributed by atoms with Crippen LogP contribution >= 0.6 is 0 Å². The molecule has 0 aromatic rings. The maximum Gasteiger partial charge on any atom is 1.00 e. The average molecular weight is 79.2 g/mol. The van der Waals surface area contributed by atoms with Gasteiger partial charge < -0.3 is 9.59 Å². The van der Waals surface area contributed by atoms with Gasteiger partial charge in [-0.2, -0.15) is 0 Å². The summed E-state index contributed by atoms with van der Waals surface area (Å²) in [7, 11) is -2.14. The van der Waals surface area contributed by atoms with E-state index in [0.717, 1.165) is 0 Å². The molecule has 2 nitrogen and oxygen atoms in total. The number of hydrogen-bond acceptors (Lipinski definition) is 2. The molecule has 0 bridgehead atoms. The normalized spacial score (nSPS) is 9.00. The molecule has 0 rings (SSSR count). The highest BCUT2D eigenvalue weighted by Crippen LogP contribution is 1.51. The Morgan fingerprint density at radius 3 is 1.75 bits per heavy atom. The molecule has 0 amide bonds. The molecule has 0 aromatic heterocycles. The zero-order valence-electron chi connectivity index (χ0n) is 3.47. The molecule has 3 heteroatoms. The van der Waals surface area contributed by atoms with E-state index in [-0.39, 0.29) is 1.43 Å². The minimum atomic E-state index is -2.14. The molecular weight excluding hydrogens is 72.1 g/mol. The minimum Gasteiger partial charge on any atom is -0.413 e. The molecule has 0 atom stereocenters. The van der Waals surface area contributed by atoms with Gasteiger partial charge >= 0.3 is 10.7 Å².